The molecule has 6 nitrogen and oxygen atoms in total. The van der Waals surface area contributed by atoms with Gasteiger partial charge in [0, 0.05) is 13.1 Å². The summed E-state index contributed by atoms with van der Waals surface area (Å²) in [7, 11) is 1.56. The van der Waals surface area contributed by atoms with E-state index in [2.05, 4.69) is 21.2 Å². The third kappa shape index (κ3) is 6.31. The maximum atomic E-state index is 8.58. The van der Waals surface area contributed by atoms with Gasteiger partial charge in [0.05, 0.1) is 31.4 Å². The first-order valence-electron chi connectivity index (χ1n) is 6.48. The highest BCUT2D eigenvalue weighted by Gasteiger charge is 2.11. The van der Waals surface area contributed by atoms with Gasteiger partial charge in [0.1, 0.15) is 6.07 Å². The van der Waals surface area contributed by atoms with E-state index in [1.807, 2.05) is 18.2 Å². The average molecular weight is 359 g/mol. The molecule has 1 rings (SSSR count). The van der Waals surface area contributed by atoms with Crippen molar-refractivity contribution in [1.29, 1.82) is 5.26 Å². The standard InChI is InChI=1S/C14H19BrN2O4/c1-19-13-9-11(10-17-3-6-20-7-4-18)8-12(15)14(13)21-5-2-16/h8-9,17-18H,3-7,10H2,1H3. The Morgan fingerprint density at radius 3 is 2.86 bits per heavy atom. The highest BCUT2D eigenvalue weighted by atomic mass is 79.9. The van der Waals surface area contributed by atoms with Crippen LogP contribution in [-0.4, -0.2) is 45.2 Å². The zero-order valence-electron chi connectivity index (χ0n) is 11.9. The molecule has 0 heterocycles. The van der Waals surface area contributed by atoms with Crippen LogP contribution in [0.5, 0.6) is 11.5 Å². The van der Waals surface area contributed by atoms with Gasteiger partial charge in [-0.05, 0) is 33.6 Å². The highest BCUT2D eigenvalue weighted by Crippen LogP contribution is 2.36. The molecule has 0 aliphatic rings. The number of aliphatic hydroxyl groups excluding tert-OH is 1. The van der Waals surface area contributed by atoms with Crippen LogP contribution in [0.2, 0.25) is 0 Å². The Bertz CT molecular complexity index is 477. The van der Waals surface area contributed by atoms with Crippen LogP contribution in [0.25, 0.3) is 0 Å². The quantitative estimate of drug-likeness (QED) is 0.616. The zero-order valence-corrected chi connectivity index (χ0v) is 13.5. The van der Waals surface area contributed by atoms with Crippen LogP contribution in [0.3, 0.4) is 0 Å². The van der Waals surface area contributed by atoms with Crippen molar-refractivity contribution in [2.75, 3.05) is 40.1 Å². The maximum absolute atomic E-state index is 8.58. The van der Waals surface area contributed by atoms with Gasteiger partial charge in [0.25, 0.3) is 0 Å². The molecular weight excluding hydrogens is 340 g/mol. The zero-order chi connectivity index (χ0) is 15.5. The summed E-state index contributed by atoms with van der Waals surface area (Å²) in [6, 6.07) is 5.70. The van der Waals surface area contributed by atoms with Crippen molar-refractivity contribution in [3.05, 3.63) is 22.2 Å². The van der Waals surface area contributed by atoms with Gasteiger partial charge in [0.2, 0.25) is 0 Å². The van der Waals surface area contributed by atoms with Gasteiger partial charge in [-0.2, -0.15) is 5.26 Å². The number of benzene rings is 1. The van der Waals surface area contributed by atoms with Crippen molar-refractivity contribution in [2.24, 2.45) is 0 Å². The number of nitrogens with zero attached hydrogens (tertiary/aromatic N) is 1. The highest BCUT2D eigenvalue weighted by molar-refractivity contribution is 9.10. The van der Waals surface area contributed by atoms with Gasteiger partial charge in [-0.1, -0.05) is 0 Å². The number of methoxy groups -OCH3 is 1. The summed E-state index contributed by atoms with van der Waals surface area (Å²) in [6.07, 6.45) is 0. The van der Waals surface area contributed by atoms with Crippen molar-refractivity contribution in [1.82, 2.24) is 5.32 Å². The van der Waals surface area contributed by atoms with E-state index in [-0.39, 0.29) is 13.2 Å². The molecule has 0 aliphatic carbocycles. The Morgan fingerprint density at radius 2 is 2.19 bits per heavy atom. The number of aliphatic hydroxyl groups is 1. The third-order valence-electron chi connectivity index (χ3n) is 2.56. The molecule has 2 N–H and O–H groups in total. The molecule has 0 saturated heterocycles. The van der Waals surface area contributed by atoms with Crippen LogP contribution in [0.15, 0.2) is 16.6 Å². The first-order chi connectivity index (χ1) is 10.2. The molecule has 0 unspecified atom stereocenters. The summed E-state index contributed by atoms with van der Waals surface area (Å²) in [5.74, 6) is 1.10. The van der Waals surface area contributed by atoms with Crippen LogP contribution in [0.1, 0.15) is 5.56 Å². The van der Waals surface area contributed by atoms with Gasteiger partial charge >= 0.3 is 0 Å². The predicted octanol–water partition coefficient (Wildman–Crippen LogP) is 1.46. The molecule has 0 aliphatic heterocycles. The molecule has 7 heteroatoms. The smallest absolute Gasteiger partial charge is 0.176 e. The summed E-state index contributed by atoms with van der Waals surface area (Å²) >= 11 is 3.42. The molecule has 0 bridgehead atoms. The fourth-order valence-corrected chi connectivity index (χ4v) is 2.27. The van der Waals surface area contributed by atoms with Crippen LogP contribution in [-0.2, 0) is 11.3 Å². The number of halogens is 1. The lowest BCUT2D eigenvalue weighted by Crippen LogP contribution is -2.20. The van der Waals surface area contributed by atoms with E-state index in [0.29, 0.717) is 37.8 Å². The normalized spacial score (nSPS) is 10.2. The average Bonchev–Trinajstić information content (AvgIpc) is 2.49. The second-order valence-corrected chi connectivity index (χ2v) is 4.92. The van der Waals surface area contributed by atoms with Gasteiger partial charge in [0.15, 0.2) is 18.1 Å². The minimum atomic E-state index is -0.0330. The minimum absolute atomic E-state index is 0.0330. The van der Waals surface area contributed by atoms with Crippen LogP contribution < -0.4 is 14.8 Å². The van der Waals surface area contributed by atoms with Gasteiger partial charge in [-0.3, -0.25) is 0 Å². The van der Waals surface area contributed by atoms with Gasteiger partial charge in [-0.25, -0.2) is 0 Å². The van der Waals surface area contributed by atoms with Crippen molar-refractivity contribution in [3.63, 3.8) is 0 Å². The minimum Gasteiger partial charge on any atom is -0.493 e. The number of nitriles is 1. The molecule has 0 fully saturated rings. The van der Waals surface area contributed by atoms with Crippen molar-refractivity contribution < 1.29 is 19.3 Å². The van der Waals surface area contributed by atoms with E-state index in [1.54, 1.807) is 7.11 Å². The first-order valence-corrected chi connectivity index (χ1v) is 7.27. The van der Waals surface area contributed by atoms with Crippen molar-refractivity contribution in [2.45, 2.75) is 6.54 Å². The predicted molar refractivity (Wildman–Crippen MR) is 81.4 cm³/mol. The molecule has 0 amide bonds. The van der Waals surface area contributed by atoms with Crippen LogP contribution in [0.4, 0.5) is 0 Å². The monoisotopic (exact) mass is 358 g/mol. The van der Waals surface area contributed by atoms with E-state index in [0.717, 1.165) is 10.0 Å². The van der Waals surface area contributed by atoms with E-state index < -0.39 is 0 Å². The first kappa shape index (κ1) is 17.7. The van der Waals surface area contributed by atoms with Crippen molar-refractivity contribution >= 4 is 15.9 Å². The molecule has 21 heavy (non-hydrogen) atoms. The fraction of sp³-hybridized carbons (Fsp3) is 0.500. The summed E-state index contributed by atoms with van der Waals surface area (Å²) in [4.78, 5) is 0. The molecule has 0 spiro atoms. The Labute approximate surface area is 132 Å². The molecule has 1 aromatic carbocycles. The second kappa shape index (κ2) is 10.4. The Hall–Kier alpha value is -1.33. The van der Waals surface area contributed by atoms with E-state index in [1.165, 1.54) is 0 Å². The molecule has 0 atom stereocenters. The SMILES string of the molecule is COc1cc(CNCCOCCO)cc(Br)c1OCC#N. The lowest BCUT2D eigenvalue weighted by atomic mass is 10.2. The molecule has 0 saturated carbocycles. The number of nitrogens with one attached hydrogen (secondary N) is 1. The summed E-state index contributed by atoms with van der Waals surface area (Å²) in [5, 5.41) is 20.4. The Balaban J connectivity index is 2.56. The molecule has 0 radical (unpaired) electrons. The lowest BCUT2D eigenvalue weighted by molar-refractivity contribution is 0.0938. The van der Waals surface area contributed by atoms with Gasteiger partial charge in [-0.15, -0.1) is 0 Å². The molecule has 1 aromatic rings. The lowest BCUT2D eigenvalue weighted by Gasteiger charge is -2.13. The Kier molecular flexibility index (Phi) is 8.78. The number of hydrogen-bond donors (Lipinski definition) is 2. The number of rotatable bonds is 10. The Morgan fingerprint density at radius 1 is 1.38 bits per heavy atom. The fourth-order valence-electron chi connectivity index (χ4n) is 1.66. The summed E-state index contributed by atoms with van der Waals surface area (Å²) < 4.78 is 16.5. The number of hydrogen-bond acceptors (Lipinski definition) is 6. The van der Waals surface area contributed by atoms with E-state index >= 15 is 0 Å². The number of ether oxygens (including phenoxy) is 3. The maximum Gasteiger partial charge on any atom is 0.176 e. The molecular formula is C14H19BrN2O4. The van der Waals surface area contributed by atoms with Crippen LogP contribution >= 0.6 is 15.9 Å². The summed E-state index contributed by atoms with van der Waals surface area (Å²) in [6.45, 7) is 2.24. The van der Waals surface area contributed by atoms with E-state index in [4.69, 9.17) is 24.6 Å². The molecule has 116 valence electrons. The van der Waals surface area contributed by atoms with Crippen LogP contribution in [0, 0.1) is 11.3 Å². The van der Waals surface area contributed by atoms with E-state index in [9.17, 15) is 0 Å². The largest absolute Gasteiger partial charge is 0.493 e. The summed E-state index contributed by atoms with van der Waals surface area (Å²) in [5.41, 5.74) is 1.02. The third-order valence-corrected chi connectivity index (χ3v) is 3.15. The topological polar surface area (TPSA) is 83.7 Å². The van der Waals surface area contributed by atoms with Gasteiger partial charge < -0.3 is 24.6 Å². The van der Waals surface area contributed by atoms with Crippen molar-refractivity contribution in [3.8, 4) is 17.6 Å². The second-order valence-electron chi connectivity index (χ2n) is 4.07. The molecule has 0 aromatic heterocycles.